The number of rotatable bonds is 4. The average Bonchev–Trinajstić information content (AvgIpc) is 2.66. The van der Waals surface area contributed by atoms with Crippen LogP contribution in [-0.4, -0.2) is 23.8 Å². The molecule has 4 heteroatoms. The maximum absolute atomic E-state index is 10.9. The number of ether oxygens (including phenoxy) is 2. The van der Waals surface area contributed by atoms with Crippen molar-refractivity contribution in [2.75, 3.05) is 6.61 Å². The molecule has 1 aliphatic heterocycles. The van der Waals surface area contributed by atoms with E-state index in [-0.39, 0.29) is 12.7 Å². The topological polar surface area (TPSA) is 55.8 Å². The normalized spacial score (nSPS) is 31.4. The van der Waals surface area contributed by atoms with Gasteiger partial charge in [-0.3, -0.25) is 0 Å². The zero-order valence-electron chi connectivity index (χ0n) is 14.5. The van der Waals surface area contributed by atoms with E-state index in [0.29, 0.717) is 23.7 Å². The number of hydrogen-bond donors (Lipinski definition) is 1. The van der Waals surface area contributed by atoms with Crippen LogP contribution in [0.5, 0.6) is 5.75 Å². The van der Waals surface area contributed by atoms with Crippen molar-refractivity contribution in [2.45, 2.75) is 57.2 Å². The van der Waals surface area contributed by atoms with E-state index in [1.165, 1.54) is 32.1 Å². The molecule has 0 bridgehead atoms. The molecule has 2 fully saturated rings. The first-order chi connectivity index (χ1) is 12.2. The number of fused-ring (bicyclic) bond motifs is 3. The third-order valence-corrected chi connectivity index (χ3v) is 5.92. The van der Waals surface area contributed by atoms with Gasteiger partial charge in [-0.2, -0.15) is 0 Å². The van der Waals surface area contributed by atoms with Crippen LogP contribution in [-0.2, 0) is 9.53 Å². The van der Waals surface area contributed by atoms with E-state index < -0.39 is 5.97 Å². The van der Waals surface area contributed by atoms with Crippen LogP contribution in [0.3, 0.4) is 0 Å². The first kappa shape index (κ1) is 16.6. The van der Waals surface area contributed by atoms with E-state index in [1.807, 2.05) is 24.3 Å². The number of aliphatic carboxylic acids is 1. The smallest absolute Gasteiger partial charge is 0.341 e. The Hall–Kier alpha value is -1.81. The molecule has 4 rings (SSSR count). The highest BCUT2D eigenvalue weighted by atomic mass is 16.5. The molecule has 25 heavy (non-hydrogen) atoms. The van der Waals surface area contributed by atoms with Gasteiger partial charge in [0.25, 0.3) is 0 Å². The third kappa shape index (κ3) is 3.32. The van der Waals surface area contributed by atoms with Gasteiger partial charge in [0.1, 0.15) is 5.75 Å². The Morgan fingerprint density at radius 3 is 2.80 bits per heavy atom. The molecule has 1 N–H and O–H groups in total. The first-order valence-electron chi connectivity index (χ1n) is 9.53. The molecule has 0 radical (unpaired) electrons. The number of benzene rings is 1. The summed E-state index contributed by atoms with van der Waals surface area (Å²) in [5.41, 5.74) is 2.60. The second-order valence-corrected chi connectivity index (χ2v) is 7.45. The van der Waals surface area contributed by atoms with Gasteiger partial charge in [0, 0.05) is 17.4 Å². The summed E-state index contributed by atoms with van der Waals surface area (Å²) in [6, 6.07) is 7.79. The van der Waals surface area contributed by atoms with E-state index in [9.17, 15) is 4.79 Å². The van der Waals surface area contributed by atoms with Crippen molar-refractivity contribution in [1.82, 2.24) is 0 Å². The molecule has 0 spiro atoms. The molecule has 0 amide bonds. The molecule has 3 aliphatic rings. The van der Waals surface area contributed by atoms with E-state index >= 15 is 0 Å². The van der Waals surface area contributed by atoms with E-state index in [1.54, 1.807) is 5.57 Å². The minimum atomic E-state index is -0.954. The number of carbonyl (C=O) groups is 1. The fourth-order valence-corrected chi connectivity index (χ4v) is 4.88. The molecule has 2 aliphatic carbocycles. The minimum absolute atomic E-state index is 0.0177. The quantitative estimate of drug-likeness (QED) is 0.818. The SMILES string of the molecule is O=C(O)COc1ccccc1[C@H]1O[C@H]2CCCC[C@@H]2C2=CCCC[C@H]21. The minimum Gasteiger partial charge on any atom is -0.482 e. The lowest BCUT2D eigenvalue weighted by molar-refractivity contribution is -0.139. The number of carboxylic acid groups (broad SMARTS) is 1. The molecule has 134 valence electrons. The Morgan fingerprint density at radius 2 is 1.92 bits per heavy atom. The molecular formula is C21H26O4. The van der Waals surface area contributed by atoms with Crippen molar-refractivity contribution >= 4 is 5.97 Å². The highest BCUT2D eigenvalue weighted by molar-refractivity contribution is 5.68. The van der Waals surface area contributed by atoms with E-state index in [4.69, 9.17) is 14.6 Å². The third-order valence-electron chi connectivity index (χ3n) is 5.92. The maximum Gasteiger partial charge on any atom is 0.341 e. The zero-order chi connectivity index (χ0) is 17.2. The Balaban J connectivity index is 1.66. The highest BCUT2D eigenvalue weighted by Crippen LogP contribution is 2.52. The fraction of sp³-hybridized carbons (Fsp3) is 0.571. The fourth-order valence-electron chi connectivity index (χ4n) is 4.88. The first-order valence-corrected chi connectivity index (χ1v) is 9.53. The van der Waals surface area contributed by atoms with E-state index in [2.05, 4.69) is 6.08 Å². The molecule has 0 aromatic heterocycles. The van der Waals surface area contributed by atoms with E-state index in [0.717, 1.165) is 18.4 Å². The molecule has 1 saturated heterocycles. The molecule has 4 atom stereocenters. The standard InChI is InChI=1S/C21H26O4/c22-20(23)13-24-18-11-5-4-10-17(18)21-16-9-2-1-7-14(16)15-8-3-6-12-19(15)25-21/h4-5,7,10-11,15-16,19,21H,1-3,6,8-9,12-13H2,(H,22,23)/t15-,16-,19+,21+/m1/s1. The molecule has 4 nitrogen and oxygen atoms in total. The Morgan fingerprint density at radius 1 is 1.12 bits per heavy atom. The summed E-state index contributed by atoms with van der Waals surface area (Å²) in [6.45, 7) is -0.316. The maximum atomic E-state index is 10.9. The Labute approximate surface area is 148 Å². The molecule has 1 heterocycles. The average molecular weight is 342 g/mol. The van der Waals surface area contributed by atoms with Crippen LogP contribution < -0.4 is 4.74 Å². The van der Waals surface area contributed by atoms with Crippen molar-refractivity contribution in [3.05, 3.63) is 41.5 Å². The predicted octanol–water partition coefficient (Wildman–Crippen LogP) is 4.51. The van der Waals surface area contributed by atoms with Gasteiger partial charge < -0.3 is 14.6 Å². The van der Waals surface area contributed by atoms with Crippen LogP contribution >= 0.6 is 0 Å². The lowest BCUT2D eigenvalue weighted by atomic mass is 9.68. The number of para-hydroxylation sites is 1. The van der Waals surface area contributed by atoms with Gasteiger partial charge >= 0.3 is 5.97 Å². The van der Waals surface area contributed by atoms with Crippen LogP contribution in [0.2, 0.25) is 0 Å². The van der Waals surface area contributed by atoms with Gasteiger partial charge in [-0.05, 0) is 38.2 Å². The largest absolute Gasteiger partial charge is 0.482 e. The van der Waals surface area contributed by atoms with Gasteiger partial charge in [0.15, 0.2) is 6.61 Å². The summed E-state index contributed by atoms with van der Waals surface area (Å²) in [4.78, 5) is 10.9. The highest BCUT2D eigenvalue weighted by Gasteiger charge is 2.44. The summed E-state index contributed by atoms with van der Waals surface area (Å²) < 4.78 is 12.2. The van der Waals surface area contributed by atoms with Gasteiger partial charge in [-0.15, -0.1) is 0 Å². The Kier molecular flexibility index (Phi) is 4.80. The van der Waals surface area contributed by atoms with Crippen LogP contribution in [0.4, 0.5) is 0 Å². The predicted molar refractivity (Wildman–Crippen MR) is 94.6 cm³/mol. The van der Waals surface area contributed by atoms with Gasteiger partial charge in [-0.25, -0.2) is 4.79 Å². The molecule has 1 saturated carbocycles. The van der Waals surface area contributed by atoms with Crippen LogP contribution in [0.15, 0.2) is 35.9 Å². The van der Waals surface area contributed by atoms with Crippen LogP contribution in [0, 0.1) is 11.8 Å². The molecule has 1 aromatic carbocycles. The Bertz CT molecular complexity index is 666. The summed E-state index contributed by atoms with van der Waals surface area (Å²) in [7, 11) is 0. The summed E-state index contributed by atoms with van der Waals surface area (Å²) in [6.07, 6.45) is 11.2. The summed E-state index contributed by atoms with van der Waals surface area (Å²) in [5, 5.41) is 8.95. The summed E-state index contributed by atoms with van der Waals surface area (Å²) >= 11 is 0. The number of hydrogen-bond acceptors (Lipinski definition) is 3. The van der Waals surface area contributed by atoms with Crippen LogP contribution in [0.25, 0.3) is 0 Å². The summed E-state index contributed by atoms with van der Waals surface area (Å²) in [5.74, 6) is 0.684. The van der Waals surface area contributed by atoms with Crippen molar-refractivity contribution in [3.63, 3.8) is 0 Å². The second-order valence-electron chi connectivity index (χ2n) is 7.45. The second kappa shape index (κ2) is 7.20. The monoisotopic (exact) mass is 342 g/mol. The zero-order valence-corrected chi connectivity index (χ0v) is 14.5. The van der Waals surface area contributed by atoms with Crippen LogP contribution in [0.1, 0.15) is 56.6 Å². The van der Waals surface area contributed by atoms with Gasteiger partial charge in [0.2, 0.25) is 0 Å². The molecular weight excluding hydrogens is 316 g/mol. The van der Waals surface area contributed by atoms with Crippen molar-refractivity contribution in [1.29, 1.82) is 0 Å². The van der Waals surface area contributed by atoms with Crippen molar-refractivity contribution in [3.8, 4) is 5.75 Å². The number of carboxylic acids is 1. The lowest BCUT2D eigenvalue weighted by Crippen LogP contribution is -2.41. The van der Waals surface area contributed by atoms with Gasteiger partial charge in [-0.1, -0.05) is 42.7 Å². The lowest BCUT2D eigenvalue weighted by Gasteiger charge is -2.47. The molecule has 0 unspecified atom stereocenters. The van der Waals surface area contributed by atoms with Gasteiger partial charge in [0.05, 0.1) is 12.2 Å². The van der Waals surface area contributed by atoms with Crippen molar-refractivity contribution in [2.24, 2.45) is 11.8 Å². The van der Waals surface area contributed by atoms with Crippen molar-refractivity contribution < 1.29 is 19.4 Å². The molecule has 1 aromatic rings. The number of allylic oxidation sites excluding steroid dienone is 1.